The molecule has 92 valence electrons. The minimum absolute atomic E-state index is 0.149. The lowest BCUT2D eigenvalue weighted by atomic mass is 10.2. The largest absolute Gasteiger partial charge is 0.602 e. The molecule has 0 aromatic rings. The van der Waals surface area contributed by atoms with Gasteiger partial charge in [-0.15, -0.1) is 11.6 Å². The third-order valence-electron chi connectivity index (χ3n) is 2.88. The van der Waals surface area contributed by atoms with Gasteiger partial charge in [0.05, 0.1) is 5.38 Å². The summed E-state index contributed by atoms with van der Waals surface area (Å²) in [7, 11) is 0.0167. The second-order valence-electron chi connectivity index (χ2n) is 3.60. The molecule has 2 aliphatic heterocycles. The Balaban J connectivity index is 2.32. The van der Waals surface area contributed by atoms with Gasteiger partial charge in [0.25, 0.3) is 0 Å². The van der Waals surface area contributed by atoms with Gasteiger partial charge in [-0.25, -0.2) is 4.57 Å². The summed E-state index contributed by atoms with van der Waals surface area (Å²) in [5.74, 6) is -0.374. The summed E-state index contributed by atoms with van der Waals surface area (Å²) >= 11 is 6.11. The summed E-state index contributed by atoms with van der Waals surface area (Å²) in [4.78, 5) is 11.7. The van der Waals surface area contributed by atoms with Gasteiger partial charge < -0.3 is 18.0 Å². The Hall–Kier alpha value is -0.183. The highest BCUT2D eigenvalue weighted by Crippen LogP contribution is 2.32. The molecule has 2 atom stereocenters. The van der Waals surface area contributed by atoms with Crippen LogP contribution >= 0.6 is 11.6 Å². The Morgan fingerprint density at radius 3 is 2.81 bits per heavy atom. The number of cyclic esters (lactones) is 1. The normalized spacial score (nSPS) is 34.3. The zero-order valence-corrected chi connectivity index (χ0v) is 10.9. The van der Waals surface area contributed by atoms with Crippen molar-refractivity contribution in [3.63, 3.8) is 0 Å². The maximum absolute atomic E-state index is 11.7. The molecule has 0 spiro atoms. The van der Waals surface area contributed by atoms with Gasteiger partial charge in [0, 0.05) is 20.8 Å². The number of halogens is 1. The van der Waals surface area contributed by atoms with E-state index in [1.165, 1.54) is 14.2 Å². The van der Waals surface area contributed by atoms with Crippen LogP contribution in [0.2, 0.25) is 0 Å². The van der Waals surface area contributed by atoms with E-state index < -0.39 is 15.0 Å². The number of hydrogen-bond donors (Lipinski definition) is 0. The topological polar surface area (TPSA) is 57.2 Å². The Kier molecular flexibility index (Phi) is 3.52. The lowest BCUT2D eigenvalue weighted by Crippen LogP contribution is -2.62. The molecule has 2 aliphatic rings. The summed E-state index contributed by atoms with van der Waals surface area (Å²) in [6.45, 7) is 0.463. The molecule has 2 unspecified atom stereocenters. The predicted molar refractivity (Wildman–Crippen MR) is 56.6 cm³/mol. The highest BCUT2D eigenvalue weighted by atomic mass is 35.5. The van der Waals surface area contributed by atoms with Crippen molar-refractivity contribution < 1.29 is 22.8 Å². The number of carbonyl (C=O) groups excluding carboxylic acids is 1. The zero-order valence-electron chi connectivity index (χ0n) is 9.14. The van der Waals surface area contributed by atoms with Gasteiger partial charge in [-0.1, -0.05) is 0 Å². The molecule has 0 amide bonds. The third-order valence-corrected chi connectivity index (χ3v) is 6.05. The Labute approximate surface area is 99.8 Å². The first-order chi connectivity index (χ1) is 7.64. The van der Waals surface area contributed by atoms with E-state index >= 15 is 0 Å². The Morgan fingerprint density at radius 1 is 1.50 bits per heavy atom. The molecule has 2 heterocycles. The van der Waals surface area contributed by atoms with E-state index in [1.54, 1.807) is 4.57 Å². The van der Waals surface area contributed by atoms with Gasteiger partial charge in [-0.3, -0.25) is 4.79 Å². The lowest BCUT2D eigenvalue weighted by molar-refractivity contribution is -0.151. The molecule has 0 saturated carbocycles. The van der Waals surface area contributed by atoms with Crippen molar-refractivity contribution in [3.8, 4) is 0 Å². The number of ether oxygens (including phenoxy) is 1. The van der Waals surface area contributed by atoms with Gasteiger partial charge >= 0.3 is 14.9 Å². The summed E-state index contributed by atoms with van der Waals surface area (Å²) < 4.78 is 22.8. The SMILES string of the molecule is CO[Si]1(OC)OCOC(=O)C2C(Cl)CCN21. The molecule has 8 heteroatoms. The maximum Gasteiger partial charge on any atom is 0.602 e. The van der Waals surface area contributed by atoms with Crippen LogP contribution in [0.25, 0.3) is 0 Å². The molecule has 2 saturated heterocycles. The molecular weight excluding hydrogens is 254 g/mol. The standard InChI is InChI=1S/C8H14ClNO5Si/c1-12-16(13-2)10-4-3-6(9)7(10)8(11)14-5-15-16/h6-7H,3-5H2,1-2H3. The van der Waals surface area contributed by atoms with Crippen LogP contribution in [0.15, 0.2) is 0 Å². The van der Waals surface area contributed by atoms with Crippen molar-refractivity contribution in [2.75, 3.05) is 27.6 Å². The van der Waals surface area contributed by atoms with E-state index in [9.17, 15) is 4.79 Å². The second kappa shape index (κ2) is 4.59. The summed E-state index contributed by atoms with van der Waals surface area (Å²) in [5.41, 5.74) is 0. The first kappa shape index (κ1) is 12.3. The Bertz CT molecular complexity index is 288. The summed E-state index contributed by atoms with van der Waals surface area (Å²) in [5, 5.41) is -0.286. The molecule has 16 heavy (non-hydrogen) atoms. The van der Waals surface area contributed by atoms with Gasteiger partial charge in [-0.05, 0) is 6.42 Å². The van der Waals surface area contributed by atoms with Crippen molar-refractivity contribution in [3.05, 3.63) is 0 Å². The lowest BCUT2D eigenvalue weighted by Gasteiger charge is -2.33. The molecule has 6 nitrogen and oxygen atoms in total. The van der Waals surface area contributed by atoms with Crippen molar-refractivity contribution in [2.24, 2.45) is 0 Å². The molecule has 0 aliphatic carbocycles. The molecule has 0 radical (unpaired) electrons. The Morgan fingerprint density at radius 2 is 2.19 bits per heavy atom. The second-order valence-corrected chi connectivity index (χ2v) is 6.89. The van der Waals surface area contributed by atoms with Gasteiger partial charge in [0.15, 0.2) is 6.79 Å². The number of alkyl halides is 1. The molecule has 0 N–H and O–H groups in total. The zero-order chi connectivity index (χ0) is 11.8. The van der Waals surface area contributed by atoms with Gasteiger partial charge in [-0.2, -0.15) is 0 Å². The van der Waals surface area contributed by atoms with Crippen molar-refractivity contribution in [1.29, 1.82) is 0 Å². The van der Waals surface area contributed by atoms with E-state index in [2.05, 4.69) is 0 Å². The summed E-state index contributed by atoms with van der Waals surface area (Å²) in [6, 6.07) is -0.532. The predicted octanol–water partition coefficient (Wildman–Crippen LogP) is -0.0726. The van der Waals surface area contributed by atoms with Crippen LogP contribution in [0.4, 0.5) is 0 Å². The fourth-order valence-corrected chi connectivity index (χ4v) is 4.81. The fourth-order valence-electron chi connectivity index (χ4n) is 2.10. The number of esters is 1. The number of fused-ring (bicyclic) bond motifs is 1. The minimum atomic E-state index is -2.99. The average Bonchev–Trinajstić information content (AvgIpc) is 2.60. The van der Waals surface area contributed by atoms with Gasteiger partial charge in [0.2, 0.25) is 0 Å². The first-order valence-corrected chi connectivity index (χ1v) is 7.07. The molecular formula is C8H14ClNO5Si. The van der Waals surface area contributed by atoms with E-state index in [0.717, 1.165) is 0 Å². The van der Waals surface area contributed by atoms with E-state index in [1.807, 2.05) is 0 Å². The molecule has 0 aromatic heterocycles. The summed E-state index contributed by atoms with van der Waals surface area (Å²) in [6.07, 6.45) is 0.687. The van der Waals surface area contributed by atoms with E-state index in [-0.39, 0.29) is 18.1 Å². The minimum Gasteiger partial charge on any atom is -0.438 e. The van der Waals surface area contributed by atoms with Crippen molar-refractivity contribution >= 4 is 26.5 Å². The van der Waals surface area contributed by atoms with Crippen molar-refractivity contribution in [1.82, 2.24) is 4.57 Å². The molecule has 2 rings (SSSR count). The molecule has 0 aromatic carbocycles. The van der Waals surface area contributed by atoms with Crippen molar-refractivity contribution in [2.45, 2.75) is 17.8 Å². The maximum atomic E-state index is 11.7. The van der Waals surface area contributed by atoms with Crippen LogP contribution in [-0.4, -0.2) is 58.5 Å². The number of rotatable bonds is 2. The average molecular weight is 268 g/mol. The van der Waals surface area contributed by atoms with Crippen LogP contribution in [0, 0.1) is 0 Å². The molecule has 0 bridgehead atoms. The van der Waals surface area contributed by atoms with E-state index in [0.29, 0.717) is 13.0 Å². The van der Waals surface area contributed by atoms with Crippen LogP contribution in [0.3, 0.4) is 0 Å². The van der Waals surface area contributed by atoms with Crippen LogP contribution in [0.5, 0.6) is 0 Å². The number of carbonyl (C=O) groups is 1. The number of hydrogen-bond acceptors (Lipinski definition) is 6. The highest BCUT2D eigenvalue weighted by Gasteiger charge is 2.59. The quantitative estimate of drug-likeness (QED) is 0.397. The highest BCUT2D eigenvalue weighted by molar-refractivity contribution is 6.58. The molecule has 2 fully saturated rings. The van der Waals surface area contributed by atoms with Crippen LogP contribution in [-0.2, 0) is 22.8 Å². The van der Waals surface area contributed by atoms with Gasteiger partial charge in [0.1, 0.15) is 6.04 Å². The third kappa shape index (κ3) is 1.77. The monoisotopic (exact) mass is 267 g/mol. The van der Waals surface area contributed by atoms with Crippen LogP contribution in [0.1, 0.15) is 6.42 Å². The van der Waals surface area contributed by atoms with E-state index in [4.69, 9.17) is 29.6 Å². The smallest absolute Gasteiger partial charge is 0.438 e. The number of nitrogens with zero attached hydrogens (tertiary/aromatic N) is 1. The fraction of sp³-hybridized carbons (Fsp3) is 0.875. The first-order valence-electron chi connectivity index (χ1n) is 4.96. The van der Waals surface area contributed by atoms with Crippen LogP contribution < -0.4 is 0 Å².